The summed E-state index contributed by atoms with van der Waals surface area (Å²) in [5.74, 6) is 0. The Balaban J connectivity index is 2.07. The second kappa shape index (κ2) is 10.2. The molecule has 0 bridgehead atoms. The number of phosphoric acid groups is 3. The second-order valence-electron chi connectivity index (χ2n) is 6.30. The van der Waals surface area contributed by atoms with Crippen LogP contribution in [0.5, 0.6) is 0 Å². The molecule has 0 amide bonds. The van der Waals surface area contributed by atoms with E-state index < -0.39 is 59.8 Å². The third-order valence-electron chi connectivity index (χ3n) is 3.88. The molecule has 2 rings (SSSR count). The van der Waals surface area contributed by atoms with Gasteiger partial charge in [0, 0.05) is 24.6 Å². The monoisotopic (exact) mass is 521 g/mol. The zero-order valence-corrected chi connectivity index (χ0v) is 18.5. The van der Waals surface area contributed by atoms with Crippen molar-refractivity contribution < 1.29 is 56.3 Å². The number of nitrogens with one attached hydrogen (secondary N) is 1. The van der Waals surface area contributed by atoms with Crippen molar-refractivity contribution in [2.24, 2.45) is 0 Å². The molecule has 0 radical (unpaired) electrons. The van der Waals surface area contributed by atoms with Gasteiger partial charge in [-0.15, -0.1) is 0 Å². The lowest BCUT2D eigenvalue weighted by atomic mass is 10.2. The number of rotatable bonds is 10. The lowest BCUT2D eigenvalue weighted by Gasteiger charge is -2.19. The zero-order chi connectivity index (χ0) is 24.3. The van der Waals surface area contributed by atoms with E-state index in [0.717, 1.165) is 10.8 Å². The van der Waals surface area contributed by atoms with Crippen molar-refractivity contribution in [3.8, 4) is 6.07 Å². The fraction of sp³-hybridized carbons (Fsp3) is 0.583. The molecule has 1 fully saturated rings. The summed E-state index contributed by atoms with van der Waals surface area (Å²) in [5.41, 5.74) is -1.49. The van der Waals surface area contributed by atoms with Crippen molar-refractivity contribution in [1.82, 2.24) is 9.55 Å². The Morgan fingerprint density at radius 1 is 1.19 bits per heavy atom. The molecule has 0 spiro atoms. The smallest absolute Gasteiger partial charge is 0.390 e. The van der Waals surface area contributed by atoms with Gasteiger partial charge in [-0.05, 0) is 6.42 Å². The van der Waals surface area contributed by atoms with Crippen LogP contribution in [-0.4, -0.2) is 53.0 Å². The molecule has 1 saturated heterocycles. The largest absolute Gasteiger partial charge is 0.490 e. The van der Waals surface area contributed by atoms with Gasteiger partial charge in [0.15, 0.2) is 0 Å². The first-order valence-electron chi connectivity index (χ1n) is 8.45. The van der Waals surface area contributed by atoms with E-state index in [0.29, 0.717) is 0 Å². The van der Waals surface area contributed by atoms with Crippen LogP contribution in [0.25, 0.3) is 0 Å². The number of aliphatic hydroxyl groups is 1. The van der Waals surface area contributed by atoms with Crippen LogP contribution in [0.3, 0.4) is 0 Å². The van der Waals surface area contributed by atoms with Gasteiger partial charge in [0.1, 0.15) is 12.3 Å². The average Bonchev–Trinajstić information content (AvgIpc) is 2.97. The van der Waals surface area contributed by atoms with Crippen molar-refractivity contribution in [1.29, 1.82) is 5.26 Å². The third-order valence-corrected chi connectivity index (χ3v) is 7.68. The molecule has 1 aromatic heterocycles. The number of aliphatic hydroxyl groups excluding tert-OH is 1. The van der Waals surface area contributed by atoms with E-state index in [1.165, 1.54) is 0 Å². The highest BCUT2D eigenvalue weighted by atomic mass is 31.3. The molecule has 0 saturated carbocycles. The predicted molar refractivity (Wildman–Crippen MR) is 99.6 cm³/mol. The molecule has 1 aliphatic heterocycles. The van der Waals surface area contributed by atoms with Crippen LogP contribution in [0.1, 0.15) is 24.6 Å². The Labute approximate surface area is 178 Å². The van der Waals surface area contributed by atoms with Crippen LogP contribution < -0.4 is 11.2 Å². The summed E-state index contributed by atoms with van der Waals surface area (Å²) in [4.78, 5) is 61.4. The summed E-state index contributed by atoms with van der Waals surface area (Å²) in [5, 5.41) is 18.7. The van der Waals surface area contributed by atoms with Gasteiger partial charge in [0.2, 0.25) is 0 Å². The quantitative estimate of drug-likeness (QED) is 0.201. The van der Waals surface area contributed by atoms with Crippen molar-refractivity contribution in [3.63, 3.8) is 0 Å². The SMILES string of the molecule is N#CCCc1cn([C@H]2C[C@H](O)[C@@H](COP(=O)(O)OP(=O)(O)OP(=O)(O)O)O2)c(=O)[nH]c1=O. The van der Waals surface area contributed by atoms with Crippen molar-refractivity contribution in [2.45, 2.75) is 37.7 Å². The maximum Gasteiger partial charge on any atom is 0.490 e. The van der Waals surface area contributed by atoms with Crippen LogP contribution in [-0.2, 0) is 38.0 Å². The van der Waals surface area contributed by atoms with E-state index in [1.54, 1.807) is 0 Å². The summed E-state index contributed by atoms with van der Waals surface area (Å²) in [7, 11) is -16.7. The number of hydrogen-bond donors (Lipinski definition) is 6. The van der Waals surface area contributed by atoms with Crippen LogP contribution >= 0.6 is 23.5 Å². The molecule has 6 N–H and O–H groups in total. The van der Waals surface area contributed by atoms with Crippen LogP contribution in [0.4, 0.5) is 0 Å². The molecule has 32 heavy (non-hydrogen) atoms. The first kappa shape index (κ1) is 26.7. The maximum atomic E-state index is 12.1. The minimum atomic E-state index is -5.70. The Hall–Kier alpha value is -1.50. The lowest BCUT2D eigenvalue weighted by molar-refractivity contribution is -0.0450. The van der Waals surface area contributed by atoms with Crippen LogP contribution in [0.15, 0.2) is 15.8 Å². The summed E-state index contributed by atoms with van der Waals surface area (Å²) in [6.07, 6.45) is -2.92. The van der Waals surface area contributed by atoms with Gasteiger partial charge in [-0.25, -0.2) is 18.5 Å². The highest BCUT2D eigenvalue weighted by Crippen LogP contribution is 2.66. The van der Waals surface area contributed by atoms with E-state index in [2.05, 4.69) is 13.1 Å². The van der Waals surface area contributed by atoms with Gasteiger partial charge in [0.05, 0.1) is 18.8 Å². The van der Waals surface area contributed by atoms with Crippen molar-refractivity contribution >= 4 is 23.5 Å². The highest BCUT2D eigenvalue weighted by molar-refractivity contribution is 7.66. The number of ether oxygens (including phenoxy) is 1. The van der Waals surface area contributed by atoms with E-state index in [9.17, 15) is 33.3 Å². The van der Waals surface area contributed by atoms with Crippen molar-refractivity contribution in [3.05, 3.63) is 32.6 Å². The number of H-pyrrole nitrogens is 1. The van der Waals surface area contributed by atoms with E-state index in [4.69, 9.17) is 24.7 Å². The van der Waals surface area contributed by atoms with Gasteiger partial charge < -0.3 is 29.4 Å². The molecule has 1 aliphatic rings. The van der Waals surface area contributed by atoms with Crippen LogP contribution in [0, 0.1) is 11.3 Å². The number of aromatic amines is 1. The molecule has 20 heteroatoms. The number of phosphoric ester groups is 1. The Morgan fingerprint density at radius 2 is 1.84 bits per heavy atom. The van der Waals surface area contributed by atoms with Gasteiger partial charge >= 0.3 is 29.2 Å². The number of aromatic nitrogens is 2. The Kier molecular flexibility index (Phi) is 8.52. The molecule has 1 aromatic rings. The Bertz CT molecular complexity index is 1130. The fourth-order valence-electron chi connectivity index (χ4n) is 2.62. The van der Waals surface area contributed by atoms with Gasteiger partial charge in [-0.1, -0.05) is 0 Å². The molecule has 0 aromatic carbocycles. The molecule has 180 valence electrons. The normalized spacial score (nSPS) is 25.1. The van der Waals surface area contributed by atoms with Gasteiger partial charge in [-0.2, -0.15) is 13.9 Å². The Morgan fingerprint density at radius 3 is 2.44 bits per heavy atom. The minimum absolute atomic E-state index is 0.00186. The second-order valence-corrected chi connectivity index (χ2v) is 10.7. The summed E-state index contributed by atoms with van der Waals surface area (Å²) in [6.45, 7) is -0.916. The lowest BCUT2D eigenvalue weighted by Crippen LogP contribution is -2.34. The molecule has 17 nitrogen and oxygen atoms in total. The van der Waals surface area contributed by atoms with Crippen molar-refractivity contribution in [2.75, 3.05) is 6.61 Å². The predicted octanol–water partition coefficient (Wildman–Crippen LogP) is -1.02. The molecular formula is C12H18N3O14P3. The molecule has 2 heterocycles. The number of nitriles is 1. The highest BCUT2D eigenvalue weighted by Gasteiger charge is 2.43. The topological polar surface area (TPSA) is 268 Å². The number of nitrogens with zero attached hydrogens (tertiary/aromatic N) is 2. The van der Waals surface area contributed by atoms with Crippen LogP contribution in [0.2, 0.25) is 0 Å². The van der Waals surface area contributed by atoms with Gasteiger partial charge in [-0.3, -0.25) is 18.9 Å². The summed E-state index contributed by atoms with van der Waals surface area (Å²) < 4.78 is 51.5. The molecule has 0 aliphatic carbocycles. The maximum absolute atomic E-state index is 12.1. The first-order valence-corrected chi connectivity index (χ1v) is 13.0. The summed E-state index contributed by atoms with van der Waals surface area (Å²) >= 11 is 0. The van der Waals surface area contributed by atoms with Gasteiger partial charge in [0.25, 0.3) is 5.56 Å². The molecule has 2 unspecified atom stereocenters. The molecule has 5 atom stereocenters. The first-order chi connectivity index (χ1) is 14.6. The third kappa shape index (κ3) is 7.82. The number of aryl methyl sites for hydroxylation is 1. The average molecular weight is 521 g/mol. The minimum Gasteiger partial charge on any atom is -0.390 e. The standard InChI is InChI=1S/C12H18N3O14P3/c13-3-1-2-7-5-15(12(18)14-11(7)17)10-4-8(16)9(27-10)6-26-31(22,23)29-32(24,25)28-30(19,20)21/h5,8-10,16H,1-2,4,6H2,(H,22,23)(H,24,25)(H,14,17,18)(H2,19,20,21)/t8-,9+,10+/m0/s1. The molecular weight excluding hydrogens is 503 g/mol. The fourth-order valence-corrected chi connectivity index (χ4v) is 5.65. The van der Waals surface area contributed by atoms with E-state index in [-0.39, 0.29) is 24.8 Å². The van der Waals surface area contributed by atoms with E-state index in [1.807, 2.05) is 11.1 Å². The zero-order valence-electron chi connectivity index (χ0n) is 15.8. The summed E-state index contributed by atoms with van der Waals surface area (Å²) in [6, 6.07) is 1.84. The number of hydrogen-bond acceptors (Lipinski definition) is 11. The van der Waals surface area contributed by atoms with E-state index >= 15 is 0 Å².